The Morgan fingerprint density at radius 3 is 2.71 bits per heavy atom. The Labute approximate surface area is 151 Å². The van der Waals surface area contributed by atoms with Crippen molar-refractivity contribution in [2.75, 3.05) is 14.2 Å². The number of hydrazone groups is 1. The summed E-state index contributed by atoms with van der Waals surface area (Å²) in [6.07, 6.45) is 1.60. The second-order valence-electron chi connectivity index (χ2n) is 4.76. The molecule has 24 heavy (non-hydrogen) atoms. The quantitative estimate of drug-likeness (QED) is 0.468. The molecule has 0 heterocycles. The van der Waals surface area contributed by atoms with Crippen molar-refractivity contribution in [3.63, 3.8) is 0 Å². The van der Waals surface area contributed by atoms with Gasteiger partial charge in [-0.25, -0.2) is 0 Å². The number of rotatable bonds is 6. The molecule has 2 N–H and O–H groups in total. The van der Waals surface area contributed by atoms with Crippen molar-refractivity contribution in [2.45, 2.75) is 6.61 Å². The number of nitrogens with zero attached hydrogens (tertiary/aromatic N) is 1. The molecule has 0 bridgehead atoms. The molecule has 0 spiro atoms. The number of nitrogens with one attached hydrogen (secondary N) is 2. The Morgan fingerprint density at radius 1 is 1.29 bits per heavy atom. The van der Waals surface area contributed by atoms with Gasteiger partial charge < -0.3 is 14.8 Å². The fourth-order valence-corrected chi connectivity index (χ4v) is 2.23. The number of thiocarbonyl (C=S) groups is 1. The number of methoxy groups -OCH3 is 1. The summed E-state index contributed by atoms with van der Waals surface area (Å²) in [5.74, 6) is 1.04. The molecule has 0 saturated carbocycles. The highest BCUT2D eigenvalue weighted by atomic mass is 35.5. The lowest BCUT2D eigenvalue weighted by Crippen LogP contribution is -2.28. The minimum absolute atomic E-state index is 0.405. The number of hydrogen-bond donors (Lipinski definition) is 2. The molecule has 0 amide bonds. The maximum absolute atomic E-state index is 6.32. The van der Waals surface area contributed by atoms with Gasteiger partial charge in [0.15, 0.2) is 16.6 Å². The smallest absolute Gasteiger partial charge is 0.186 e. The fraction of sp³-hybridized carbons (Fsp3) is 0.176. The lowest BCUT2D eigenvalue weighted by atomic mass is 10.2. The first-order chi connectivity index (χ1) is 11.6. The Morgan fingerprint density at radius 2 is 2.04 bits per heavy atom. The minimum atomic E-state index is 0.405. The Kier molecular flexibility index (Phi) is 6.84. The predicted octanol–water partition coefficient (Wildman–Crippen LogP) is 3.36. The summed E-state index contributed by atoms with van der Waals surface area (Å²) >= 11 is 11.3. The van der Waals surface area contributed by atoms with E-state index in [0.29, 0.717) is 28.2 Å². The van der Waals surface area contributed by atoms with E-state index in [9.17, 15) is 0 Å². The SMILES string of the molecule is CNC(=S)N/N=C/c1cc(Cl)c(OCc2ccccc2)c(OC)c1. The van der Waals surface area contributed by atoms with Crippen LogP contribution in [0, 0.1) is 0 Å². The normalized spacial score (nSPS) is 10.5. The summed E-state index contributed by atoms with van der Waals surface area (Å²) in [5.41, 5.74) is 4.48. The number of hydrogen-bond acceptors (Lipinski definition) is 4. The fourth-order valence-electron chi connectivity index (χ4n) is 1.91. The van der Waals surface area contributed by atoms with E-state index in [1.54, 1.807) is 32.5 Å². The number of benzene rings is 2. The van der Waals surface area contributed by atoms with Crippen LogP contribution in [0.1, 0.15) is 11.1 Å². The topological polar surface area (TPSA) is 54.9 Å². The molecular formula is C17H18ClN3O2S. The summed E-state index contributed by atoms with van der Waals surface area (Å²) in [7, 11) is 3.28. The highest BCUT2D eigenvalue weighted by molar-refractivity contribution is 7.80. The van der Waals surface area contributed by atoms with Crippen molar-refractivity contribution in [1.29, 1.82) is 0 Å². The van der Waals surface area contributed by atoms with Gasteiger partial charge in [0.25, 0.3) is 0 Å². The first-order valence-electron chi connectivity index (χ1n) is 7.19. The average molecular weight is 364 g/mol. The summed E-state index contributed by atoms with van der Waals surface area (Å²) in [5, 5.41) is 7.65. The zero-order valence-electron chi connectivity index (χ0n) is 13.4. The molecular weight excluding hydrogens is 346 g/mol. The van der Waals surface area contributed by atoms with Crippen LogP contribution in [0.25, 0.3) is 0 Å². The van der Waals surface area contributed by atoms with Crippen molar-refractivity contribution < 1.29 is 9.47 Å². The van der Waals surface area contributed by atoms with Gasteiger partial charge in [0.2, 0.25) is 0 Å². The second-order valence-corrected chi connectivity index (χ2v) is 5.57. The van der Waals surface area contributed by atoms with Crippen LogP contribution >= 0.6 is 23.8 Å². The van der Waals surface area contributed by atoms with Crippen molar-refractivity contribution >= 4 is 35.1 Å². The monoisotopic (exact) mass is 363 g/mol. The summed E-state index contributed by atoms with van der Waals surface area (Å²) in [6.45, 7) is 0.405. The Bertz CT molecular complexity index is 723. The lowest BCUT2D eigenvalue weighted by molar-refractivity contribution is 0.284. The zero-order valence-corrected chi connectivity index (χ0v) is 14.9. The van der Waals surface area contributed by atoms with Gasteiger partial charge in [-0.05, 0) is 35.5 Å². The van der Waals surface area contributed by atoms with Gasteiger partial charge in [-0.1, -0.05) is 41.9 Å². The van der Waals surface area contributed by atoms with Gasteiger partial charge in [-0.15, -0.1) is 0 Å². The first-order valence-corrected chi connectivity index (χ1v) is 7.97. The molecule has 5 nitrogen and oxygen atoms in total. The van der Waals surface area contributed by atoms with Crippen LogP contribution in [0.5, 0.6) is 11.5 Å². The molecule has 0 aliphatic carbocycles. The molecule has 0 aliphatic heterocycles. The van der Waals surface area contributed by atoms with Gasteiger partial charge in [-0.3, -0.25) is 5.43 Å². The molecule has 0 atom stereocenters. The summed E-state index contributed by atoms with van der Waals surface area (Å²) in [6, 6.07) is 13.4. The van der Waals surface area contributed by atoms with E-state index in [2.05, 4.69) is 15.8 Å². The van der Waals surface area contributed by atoms with Crippen LogP contribution in [-0.2, 0) is 6.61 Å². The molecule has 2 rings (SSSR count). The van der Waals surface area contributed by atoms with E-state index < -0.39 is 0 Å². The molecule has 0 saturated heterocycles. The molecule has 0 fully saturated rings. The highest BCUT2D eigenvalue weighted by Gasteiger charge is 2.11. The molecule has 2 aromatic carbocycles. The van der Waals surface area contributed by atoms with Crippen LogP contribution < -0.4 is 20.2 Å². The van der Waals surface area contributed by atoms with Crippen LogP contribution in [0.2, 0.25) is 5.02 Å². The molecule has 126 valence electrons. The lowest BCUT2D eigenvalue weighted by Gasteiger charge is -2.13. The van der Waals surface area contributed by atoms with Crippen molar-refractivity contribution in [3.8, 4) is 11.5 Å². The van der Waals surface area contributed by atoms with Crippen LogP contribution in [0.15, 0.2) is 47.6 Å². The molecule has 7 heteroatoms. The predicted molar refractivity (Wildman–Crippen MR) is 101 cm³/mol. The first kappa shape index (κ1) is 18.0. The molecule has 2 aromatic rings. The van der Waals surface area contributed by atoms with E-state index in [4.69, 9.17) is 33.3 Å². The Hall–Kier alpha value is -2.31. The van der Waals surface area contributed by atoms with Gasteiger partial charge in [0, 0.05) is 7.05 Å². The molecule has 0 aliphatic rings. The molecule has 0 unspecified atom stereocenters. The van der Waals surface area contributed by atoms with Crippen molar-refractivity contribution in [3.05, 3.63) is 58.6 Å². The average Bonchev–Trinajstić information content (AvgIpc) is 2.61. The summed E-state index contributed by atoms with van der Waals surface area (Å²) in [4.78, 5) is 0. The van der Waals surface area contributed by atoms with Crippen molar-refractivity contribution in [2.24, 2.45) is 5.10 Å². The second kappa shape index (κ2) is 9.10. The summed E-state index contributed by atoms with van der Waals surface area (Å²) < 4.78 is 11.2. The number of ether oxygens (including phenoxy) is 2. The van der Waals surface area contributed by atoms with E-state index in [1.165, 1.54) is 0 Å². The van der Waals surface area contributed by atoms with E-state index in [1.807, 2.05) is 30.3 Å². The van der Waals surface area contributed by atoms with Crippen LogP contribution in [0.4, 0.5) is 0 Å². The highest BCUT2D eigenvalue weighted by Crippen LogP contribution is 2.36. The van der Waals surface area contributed by atoms with E-state index >= 15 is 0 Å². The molecule has 0 radical (unpaired) electrons. The van der Waals surface area contributed by atoms with Crippen LogP contribution in [0.3, 0.4) is 0 Å². The third-order valence-corrected chi connectivity index (χ3v) is 3.66. The molecule has 0 aromatic heterocycles. The largest absolute Gasteiger partial charge is 0.493 e. The standard InChI is InChI=1S/C17H18ClN3O2S/c1-19-17(24)21-20-10-13-8-14(18)16(15(9-13)22-2)23-11-12-6-4-3-5-7-12/h3-10H,11H2,1-2H3,(H2,19,21,24)/b20-10+. The maximum atomic E-state index is 6.32. The van der Waals surface area contributed by atoms with Gasteiger partial charge in [0.1, 0.15) is 6.61 Å². The van der Waals surface area contributed by atoms with Crippen LogP contribution in [-0.4, -0.2) is 25.5 Å². The third kappa shape index (κ3) is 5.11. The van der Waals surface area contributed by atoms with Crippen molar-refractivity contribution in [1.82, 2.24) is 10.7 Å². The zero-order chi connectivity index (χ0) is 17.4. The van der Waals surface area contributed by atoms with Gasteiger partial charge >= 0.3 is 0 Å². The Balaban J connectivity index is 2.13. The third-order valence-electron chi connectivity index (χ3n) is 3.08. The van der Waals surface area contributed by atoms with E-state index in [-0.39, 0.29) is 0 Å². The van der Waals surface area contributed by atoms with Gasteiger partial charge in [-0.2, -0.15) is 5.10 Å². The maximum Gasteiger partial charge on any atom is 0.186 e. The number of halogens is 1. The van der Waals surface area contributed by atoms with Gasteiger partial charge in [0.05, 0.1) is 18.3 Å². The van der Waals surface area contributed by atoms with E-state index in [0.717, 1.165) is 11.1 Å². The minimum Gasteiger partial charge on any atom is -0.493 e.